The van der Waals surface area contributed by atoms with Crippen molar-refractivity contribution in [2.45, 2.75) is 32.0 Å². The van der Waals surface area contributed by atoms with Crippen molar-refractivity contribution in [3.05, 3.63) is 44.8 Å². The fourth-order valence-corrected chi connectivity index (χ4v) is 3.61. The van der Waals surface area contributed by atoms with Gasteiger partial charge in [-0.15, -0.1) is 0 Å². The molecule has 2 rings (SSSR count). The Bertz CT molecular complexity index is 436. The van der Waals surface area contributed by atoms with E-state index in [0.29, 0.717) is 6.04 Å². The SMILES string of the molecule is CCC(N)C(c1ccsc1)N(C)Cc1ccsc1. The predicted molar refractivity (Wildman–Crippen MR) is 81.1 cm³/mol. The molecular weight excluding hydrogens is 260 g/mol. The molecule has 0 aliphatic carbocycles. The largest absolute Gasteiger partial charge is 0.326 e. The second-order valence-corrected chi connectivity index (χ2v) is 6.18. The lowest BCUT2D eigenvalue weighted by Gasteiger charge is -2.31. The van der Waals surface area contributed by atoms with Crippen LogP contribution in [0.25, 0.3) is 0 Å². The third-order valence-corrected chi connectivity index (χ3v) is 4.68. The average molecular weight is 280 g/mol. The summed E-state index contributed by atoms with van der Waals surface area (Å²) in [5.41, 5.74) is 9.01. The van der Waals surface area contributed by atoms with E-state index in [0.717, 1.165) is 13.0 Å². The summed E-state index contributed by atoms with van der Waals surface area (Å²) in [7, 11) is 2.16. The zero-order chi connectivity index (χ0) is 13.0. The first-order chi connectivity index (χ1) is 8.72. The van der Waals surface area contributed by atoms with Gasteiger partial charge in [-0.3, -0.25) is 4.90 Å². The van der Waals surface area contributed by atoms with Gasteiger partial charge in [0.05, 0.1) is 6.04 Å². The van der Waals surface area contributed by atoms with E-state index < -0.39 is 0 Å². The molecule has 98 valence electrons. The molecule has 2 atom stereocenters. The van der Waals surface area contributed by atoms with Gasteiger partial charge in [-0.1, -0.05) is 6.92 Å². The van der Waals surface area contributed by atoms with Crippen molar-refractivity contribution in [1.82, 2.24) is 4.90 Å². The van der Waals surface area contributed by atoms with Gasteiger partial charge in [-0.2, -0.15) is 22.7 Å². The van der Waals surface area contributed by atoms with Gasteiger partial charge >= 0.3 is 0 Å². The minimum atomic E-state index is 0.184. The fraction of sp³-hybridized carbons (Fsp3) is 0.429. The minimum absolute atomic E-state index is 0.184. The summed E-state index contributed by atoms with van der Waals surface area (Å²) in [5.74, 6) is 0. The van der Waals surface area contributed by atoms with Crippen molar-refractivity contribution in [2.75, 3.05) is 7.05 Å². The second kappa shape index (κ2) is 6.48. The molecular formula is C14H20N2S2. The Morgan fingerprint density at radius 3 is 2.50 bits per heavy atom. The number of hydrogen-bond acceptors (Lipinski definition) is 4. The molecule has 0 spiro atoms. The Morgan fingerprint density at radius 2 is 1.94 bits per heavy atom. The highest BCUT2D eigenvalue weighted by Crippen LogP contribution is 2.27. The van der Waals surface area contributed by atoms with Crippen LogP contribution < -0.4 is 5.73 Å². The van der Waals surface area contributed by atoms with E-state index in [-0.39, 0.29) is 6.04 Å². The van der Waals surface area contributed by atoms with E-state index in [1.807, 2.05) is 0 Å². The lowest BCUT2D eigenvalue weighted by Crippen LogP contribution is -2.38. The van der Waals surface area contributed by atoms with Gasteiger partial charge in [0, 0.05) is 12.6 Å². The second-order valence-electron chi connectivity index (χ2n) is 4.62. The summed E-state index contributed by atoms with van der Waals surface area (Å²) in [5, 5.41) is 8.68. The molecule has 0 saturated heterocycles. The maximum absolute atomic E-state index is 6.30. The number of rotatable bonds is 6. The Hall–Kier alpha value is -0.680. The van der Waals surface area contributed by atoms with E-state index in [1.54, 1.807) is 22.7 Å². The first-order valence-electron chi connectivity index (χ1n) is 6.21. The molecule has 2 heterocycles. The zero-order valence-corrected chi connectivity index (χ0v) is 12.5. The van der Waals surface area contributed by atoms with Gasteiger partial charge < -0.3 is 5.73 Å². The van der Waals surface area contributed by atoms with Gasteiger partial charge in [-0.25, -0.2) is 0 Å². The van der Waals surface area contributed by atoms with Crippen LogP contribution in [0.5, 0.6) is 0 Å². The summed E-state index contributed by atoms with van der Waals surface area (Å²) in [4.78, 5) is 2.36. The minimum Gasteiger partial charge on any atom is -0.326 e. The quantitative estimate of drug-likeness (QED) is 0.874. The first kappa shape index (κ1) is 13.7. The van der Waals surface area contributed by atoms with Gasteiger partial charge in [-0.05, 0) is 58.2 Å². The van der Waals surface area contributed by atoms with Crippen molar-refractivity contribution in [2.24, 2.45) is 5.73 Å². The van der Waals surface area contributed by atoms with Crippen LogP contribution in [0.3, 0.4) is 0 Å². The number of thiophene rings is 2. The summed E-state index contributed by atoms with van der Waals surface area (Å²) in [6, 6.07) is 4.86. The highest BCUT2D eigenvalue weighted by molar-refractivity contribution is 7.08. The highest BCUT2D eigenvalue weighted by atomic mass is 32.1. The third-order valence-electron chi connectivity index (χ3n) is 3.25. The average Bonchev–Trinajstić information content (AvgIpc) is 3.02. The normalized spacial score (nSPS) is 14.9. The Balaban J connectivity index is 2.13. The van der Waals surface area contributed by atoms with Crippen LogP contribution in [0.15, 0.2) is 33.7 Å². The molecule has 0 aromatic carbocycles. The zero-order valence-electron chi connectivity index (χ0n) is 10.9. The summed E-state index contributed by atoms with van der Waals surface area (Å²) < 4.78 is 0. The summed E-state index contributed by atoms with van der Waals surface area (Å²) in [6.07, 6.45) is 0.995. The lowest BCUT2D eigenvalue weighted by atomic mass is 9.99. The van der Waals surface area contributed by atoms with Crippen LogP contribution in [0.1, 0.15) is 30.5 Å². The first-order valence-corrected chi connectivity index (χ1v) is 8.10. The van der Waals surface area contributed by atoms with Crippen LogP contribution in [-0.4, -0.2) is 18.0 Å². The maximum atomic E-state index is 6.30. The molecule has 4 heteroatoms. The number of hydrogen-bond donors (Lipinski definition) is 1. The fourth-order valence-electron chi connectivity index (χ4n) is 2.26. The predicted octanol–water partition coefficient (Wildman–Crippen LogP) is 3.72. The van der Waals surface area contributed by atoms with Gasteiger partial charge in [0.25, 0.3) is 0 Å². The molecule has 0 aliphatic rings. The topological polar surface area (TPSA) is 29.3 Å². The molecule has 0 aliphatic heterocycles. The van der Waals surface area contributed by atoms with Crippen molar-refractivity contribution >= 4 is 22.7 Å². The molecule has 0 amide bonds. The van der Waals surface area contributed by atoms with E-state index >= 15 is 0 Å². The highest BCUT2D eigenvalue weighted by Gasteiger charge is 2.23. The maximum Gasteiger partial charge on any atom is 0.0507 e. The van der Waals surface area contributed by atoms with Gasteiger partial charge in [0.2, 0.25) is 0 Å². The Labute approximate surface area is 117 Å². The van der Waals surface area contributed by atoms with Crippen molar-refractivity contribution in [3.8, 4) is 0 Å². The molecule has 18 heavy (non-hydrogen) atoms. The van der Waals surface area contributed by atoms with Crippen LogP contribution in [-0.2, 0) is 6.54 Å². The van der Waals surface area contributed by atoms with Crippen molar-refractivity contribution in [3.63, 3.8) is 0 Å². The molecule has 2 unspecified atom stereocenters. The van der Waals surface area contributed by atoms with Crippen LogP contribution >= 0.6 is 22.7 Å². The number of nitrogens with zero attached hydrogens (tertiary/aromatic N) is 1. The van der Waals surface area contributed by atoms with Crippen LogP contribution in [0.2, 0.25) is 0 Å². The number of nitrogens with two attached hydrogens (primary N) is 1. The van der Waals surface area contributed by atoms with Crippen LogP contribution in [0.4, 0.5) is 0 Å². The van der Waals surface area contributed by atoms with Crippen molar-refractivity contribution in [1.29, 1.82) is 0 Å². The van der Waals surface area contributed by atoms with Crippen molar-refractivity contribution < 1.29 is 0 Å². The van der Waals surface area contributed by atoms with E-state index in [2.05, 4.69) is 52.5 Å². The molecule has 0 radical (unpaired) electrons. The molecule has 2 N–H and O–H groups in total. The van der Waals surface area contributed by atoms with Crippen LogP contribution in [0, 0.1) is 0 Å². The Kier molecular flexibility index (Phi) is 4.95. The third kappa shape index (κ3) is 3.20. The standard InChI is InChI=1S/C14H20N2S2/c1-3-13(15)14(12-5-7-18-10-12)16(2)8-11-4-6-17-9-11/h4-7,9-10,13-14H,3,8,15H2,1-2H3. The molecule has 0 saturated carbocycles. The summed E-state index contributed by atoms with van der Waals surface area (Å²) in [6.45, 7) is 3.11. The molecule has 2 nitrogen and oxygen atoms in total. The monoisotopic (exact) mass is 280 g/mol. The van der Waals surface area contributed by atoms with Gasteiger partial charge in [0.15, 0.2) is 0 Å². The smallest absolute Gasteiger partial charge is 0.0507 e. The van der Waals surface area contributed by atoms with E-state index in [4.69, 9.17) is 5.73 Å². The lowest BCUT2D eigenvalue weighted by molar-refractivity contribution is 0.202. The summed E-state index contributed by atoms with van der Waals surface area (Å²) >= 11 is 3.49. The molecule has 0 bridgehead atoms. The van der Waals surface area contributed by atoms with E-state index in [1.165, 1.54) is 11.1 Å². The number of likely N-dealkylation sites (N-methyl/N-ethyl adjacent to an activating group) is 1. The molecule has 0 fully saturated rings. The molecule has 2 aromatic rings. The Morgan fingerprint density at radius 1 is 1.22 bits per heavy atom. The molecule has 2 aromatic heterocycles. The van der Waals surface area contributed by atoms with Gasteiger partial charge in [0.1, 0.15) is 0 Å². The van der Waals surface area contributed by atoms with E-state index in [9.17, 15) is 0 Å².